The summed E-state index contributed by atoms with van der Waals surface area (Å²) in [5.41, 5.74) is 10.5. The first-order valence-electron chi connectivity index (χ1n) is 11.9. The van der Waals surface area contributed by atoms with Gasteiger partial charge in [-0.2, -0.15) is 9.97 Å². The average molecular weight is 500 g/mol. The molecule has 37 heavy (non-hydrogen) atoms. The molecule has 0 bridgehead atoms. The van der Waals surface area contributed by atoms with Crippen molar-refractivity contribution in [1.29, 1.82) is 0 Å². The van der Waals surface area contributed by atoms with Crippen molar-refractivity contribution in [1.82, 2.24) is 24.4 Å². The Morgan fingerprint density at radius 3 is 2.68 bits per heavy atom. The maximum atomic E-state index is 11.7. The Kier molecular flexibility index (Phi) is 6.60. The Morgan fingerprint density at radius 2 is 1.92 bits per heavy atom. The van der Waals surface area contributed by atoms with Crippen LogP contribution in [-0.4, -0.2) is 70.7 Å². The van der Waals surface area contributed by atoms with Crippen LogP contribution in [0.1, 0.15) is 0 Å². The average Bonchev–Trinajstić information content (AvgIpc) is 3.34. The fourth-order valence-corrected chi connectivity index (χ4v) is 4.29. The van der Waals surface area contributed by atoms with Crippen LogP contribution in [0.25, 0.3) is 16.9 Å². The summed E-state index contributed by atoms with van der Waals surface area (Å²) < 4.78 is 7.49. The molecule has 5 rings (SSSR count). The van der Waals surface area contributed by atoms with E-state index in [0.29, 0.717) is 22.8 Å². The molecule has 1 saturated heterocycles. The largest absolute Gasteiger partial charge is 0.495 e. The number of fused-ring (bicyclic) bond motifs is 1. The summed E-state index contributed by atoms with van der Waals surface area (Å²) in [6, 6.07) is 13.3. The maximum absolute atomic E-state index is 11.7. The van der Waals surface area contributed by atoms with Crippen molar-refractivity contribution < 1.29 is 9.53 Å². The zero-order valence-corrected chi connectivity index (χ0v) is 20.8. The minimum atomic E-state index is -0.292. The number of nitrogens with zero attached hydrogens (tertiary/aromatic N) is 6. The van der Waals surface area contributed by atoms with Gasteiger partial charge in [0.2, 0.25) is 11.9 Å². The van der Waals surface area contributed by atoms with Gasteiger partial charge in [0.15, 0.2) is 17.0 Å². The molecule has 11 nitrogen and oxygen atoms in total. The lowest BCUT2D eigenvalue weighted by atomic mass is 10.2. The highest BCUT2D eigenvalue weighted by Crippen LogP contribution is 2.33. The molecule has 1 aliphatic rings. The number of hydrogen-bond donors (Lipinski definition) is 3. The number of hydrogen-bond acceptors (Lipinski definition) is 9. The zero-order valence-electron chi connectivity index (χ0n) is 20.8. The van der Waals surface area contributed by atoms with E-state index in [4.69, 9.17) is 10.5 Å². The fourth-order valence-electron chi connectivity index (χ4n) is 4.29. The standard InChI is InChI=1S/C26H29N9O2/c1-4-22(36)29-17-6-5-7-19(14-17)35-16-28-23-24(27)31-26(32-25(23)35)30-18-8-9-20(21(15-18)37-3)34-12-10-33(2)11-13-34/h4-9,14-16H,1,10-13H2,2-3H3,(H,29,36)(H3,27,30,31,32). The number of ether oxygens (including phenoxy) is 1. The van der Waals surface area contributed by atoms with Crippen LogP contribution in [0.2, 0.25) is 0 Å². The summed E-state index contributed by atoms with van der Waals surface area (Å²) in [6.07, 6.45) is 2.85. The van der Waals surface area contributed by atoms with Gasteiger partial charge in [0.1, 0.15) is 12.1 Å². The van der Waals surface area contributed by atoms with Crippen LogP contribution in [0.4, 0.5) is 28.8 Å². The molecule has 11 heteroatoms. The van der Waals surface area contributed by atoms with Gasteiger partial charge in [-0.05, 0) is 43.5 Å². The Morgan fingerprint density at radius 1 is 1.11 bits per heavy atom. The van der Waals surface area contributed by atoms with Crippen molar-refractivity contribution in [2.45, 2.75) is 0 Å². The van der Waals surface area contributed by atoms with Crippen LogP contribution >= 0.6 is 0 Å². The van der Waals surface area contributed by atoms with Crippen LogP contribution in [0.5, 0.6) is 5.75 Å². The molecule has 0 radical (unpaired) electrons. The molecular formula is C26H29N9O2. The Balaban J connectivity index is 1.44. The van der Waals surface area contributed by atoms with Crippen molar-refractivity contribution in [2.75, 3.05) is 61.6 Å². The fraction of sp³-hybridized carbons (Fsp3) is 0.231. The molecule has 1 fully saturated rings. The smallest absolute Gasteiger partial charge is 0.247 e. The number of carbonyl (C=O) groups is 1. The number of piperazine rings is 1. The van der Waals surface area contributed by atoms with E-state index in [1.807, 2.05) is 36.4 Å². The lowest BCUT2D eigenvalue weighted by Gasteiger charge is -2.34. The topological polar surface area (TPSA) is 126 Å². The first kappa shape index (κ1) is 24.1. The minimum Gasteiger partial charge on any atom is -0.495 e. The van der Waals surface area contributed by atoms with Gasteiger partial charge >= 0.3 is 0 Å². The maximum Gasteiger partial charge on any atom is 0.247 e. The van der Waals surface area contributed by atoms with Gasteiger partial charge in [0.25, 0.3) is 0 Å². The van der Waals surface area contributed by atoms with E-state index >= 15 is 0 Å². The molecular weight excluding hydrogens is 470 g/mol. The highest BCUT2D eigenvalue weighted by Gasteiger charge is 2.19. The summed E-state index contributed by atoms with van der Waals surface area (Å²) in [5, 5.41) is 6.00. The summed E-state index contributed by atoms with van der Waals surface area (Å²) >= 11 is 0. The van der Waals surface area contributed by atoms with Gasteiger partial charge in [0, 0.05) is 43.6 Å². The third kappa shape index (κ3) is 5.02. The summed E-state index contributed by atoms with van der Waals surface area (Å²) in [7, 11) is 3.80. The first-order chi connectivity index (χ1) is 17.9. The minimum absolute atomic E-state index is 0.253. The second kappa shape index (κ2) is 10.2. The third-order valence-corrected chi connectivity index (χ3v) is 6.28. The van der Waals surface area contributed by atoms with E-state index in [0.717, 1.165) is 49.0 Å². The molecule has 4 aromatic rings. The van der Waals surface area contributed by atoms with Gasteiger partial charge in [-0.25, -0.2) is 4.98 Å². The number of methoxy groups -OCH3 is 1. The molecule has 3 heterocycles. The number of rotatable bonds is 7. The van der Waals surface area contributed by atoms with Gasteiger partial charge < -0.3 is 30.9 Å². The first-order valence-corrected chi connectivity index (χ1v) is 11.9. The van der Waals surface area contributed by atoms with Crippen molar-refractivity contribution >= 4 is 45.9 Å². The second-order valence-electron chi connectivity index (χ2n) is 8.76. The molecule has 190 valence electrons. The highest BCUT2D eigenvalue weighted by atomic mass is 16.5. The predicted molar refractivity (Wildman–Crippen MR) is 146 cm³/mol. The lowest BCUT2D eigenvalue weighted by molar-refractivity contribution is -0.111. The monoisotopic (exact) mass is 499 g/mol. The SMILES string of the molecule is C=CC(=O)Nc1cccc(-n2cnc3c(N)nc(Nc4ccc(N5CCN(C)CC5)c(OC)c4)nc32)c1. The van der Waals surface area contributed by atoms with E-state index in [-0.39, 0.29) is 11.7 Å². The molecule has 1 amide bonds. The van der Waals surface area contributed by atoms with Crippen LogP contribution in [0.3, 0.4) is 0 Å². The van der Waals surface area contributed by atoms with E-state index < -0.39 is 0 Å². The van der Waals surface area contributed by atoms with E-state index in [2.05, 4.69) is 49.0 Å². The van der Waals surface area contributed by atoms with Crippen molar-refractivity contribution in [3.63, 3.8) is 0 Å². The Hall–Kier alpha value is -4.64. The molecule has 4 N–H and O–H groups in total. The van der Waals surface area contributed by atoms with Gasteiger partial charge in [-0.15, -0.1) is 0 Å². The normalized spacial score (nSPS) is 13.9. The van der Waals surface area contributed by atoms with Crippen molar-refractivity contribution in [2.24, 2.45) is 0 Å². The van der Waals surface area contributed by atoms with E-state index in [9.17, 15) is 4.79 Å². The number of amides is 1. The Labute approximate surface area is 214 Å². The van der Waals surface area contributed by atoms with Crippen LogP contribution in [0.15, 0.2) is 61.4 Å². The van der Waals surface area contributed by atoms with Crippen molar-refractivity contribution in [3.8, 4) is 11.4 Å². The van der Waals surface area contributed by atoms with Gasteiger partial charge in [-0.3, -0.25) is 9.36 Å². The summed E-state index contributed by atoms with van der Waals surface area (Å²) in [4.78, 5) is 29.8. The Bertz CT molecular complexity index is 1460. The molecule has 0 aliphatic carbocycles. The van der Waals surface area contributed by atoms with Gasteiger partial charge in [0.05, 0.1) is 18.5 Å². The molecule has 0 spiro atoms. The zero-order chi connectivity index (χ0) is 25.9. The van der Waals surface area contributed by atoms with E-state index in [1.165, 1.54) is 6.08 Å². The molecule has 2 aromatic heterocycles. The number of carbonyl (C=O) groups excluding carboxylic acids is 1. The summed E-state index contributed by atoms with van der Waals surface area (Å²) in [6.45, 7) is 7.39. The predicted octanol–water partition coefficient (Wildman–Crippen LogP) is 3.03. The highest BCUT2D eigenvalue weighted by molar-refractivity contribution is 5.99. The molecule has 2 aromatic carbocycles. The molecule has 0 saturated carbocycles. The van der Waals surface area contributed by atoms with Crippen molar-refractivity contribution in [3.05, 3.63) is 61.4 Å². The van der Waals surface area contributed by atoms with E-state index in [1.54, 1.807) is 24.1 Å². The lowest BCUT2D eigenvalue weighted by Crippen LogP contribution is -2.44. The second-order valence-corrected chi connectivity index (χ2v) is 8.76. The number of nitrogens with one attached hydrogen (secondary N) is 2. The number of benzene rings is 2. The van der Waals surface area contributed by atoms with Gasteiger partial charge in [-0.1, -0.05) is 12.6 Å². The molecule has 1 aliphatic heterocycles. The van der Waals surface area contributed by atoms with Crippen LogP contribution < -0.4 is 26.0 Å². The number of likely N-dealkylation sites (N-methyl/N-ethyl adjacent to an activating group) is 1. The van der Waals surface area contributed by atoms with Crippen LogP contribution in [-0.2, 0) is 4.79 Å². The quantitative estimate of drug-likeness (QED) is 0.329. The number of nitrogen functional groups attached to an aromatic ring is 1. The number of aromatic nitrogens is 4. The number of anilines is 5. The molecule has 0 unspecified atom stereocenters. The number of nitrogens with two attached hydrogens (primary N) is 1. The third-order valence-electron chi connectivity index (χ3n) is 6.28. The molecule has 0 atom stereocenters. The summed E-state index contributed by atoms with van der Waals surface area (Å²) in [5.74, 6) is 1.06. The number of imidazole rings is 1. The van der Waals surface area contributed by atoms with Crippen LogP contribution in [0, 0.1) is 0 Å².